The second-order valence-electron chi connectivity index (χ2n) is 7.91. The fourth-order valence-corrected chi connectivity index (χ4v) is 4.20. The van der Waals surface area contributed by atoms with Gasteiger partial charge in [0.25, 0.3) is 5.78 Å². The number of aryl methyl sites for hydroxylation is 2. The van der Waals surface area contributed by atoms with Gasteiger partial charge < -0.3 is 19.3 Å². The smallest absolute Gasteiger partial charge is 0.252 e. The number of methoxy groups -OCH3 is 2. The molecule has 164 valence electrons. The van der Waals surface area contributed by atoms with E-state index in [1.54, 1.807) is 18.7 Å². The van der Waals surface area contributed by atoms with E-state index >= 15 is 0 Å². The van der Waals surface area contributed by atoms with Gasteiger partial charge in [-0.1, -0.05) is 0 Å². The van der Waals surface area contributed by atoms with Crippen LogP contribution in [-0.2, 0) is 17.8 Å². The third-order valence-corrected chi connectivity index (χ3v) is 6.04. The molecule has 4 rings (SSSR count). The summed E-state index contributed by atoms with van der Waals surface area (Å²) in [5.74, 6) is 2.19. The molecule has 0 unspecified atom stereocenters. The number of nitrogens with one attached hydrogen (secondary N) is 1. The topological polar surface area (TPSA) is 86.3 Å². The molecule has 2 aromatic heterocycles. The maximum Gasteiger partial charge on any atom is 0.252 e. The maximum absolute atomic E-state index is 13.0. The van der Waals surface area contributed by atoms with E-state index in [9.17, 15) is 4.79 Å². The van der Waals surface area contributed by atoms with Crippen LogP contribution in [0.15, 0.2) is 24.5 Å². The van der Waals surface area contributed by atoms with Crippen molar-refractivity contribution in [2.75, 3.05) is 40.4 Å². The molecule has 9 nitrogen and oxygen atoms in total. The molecule has 1 fully saturated rings. The molecule has 1 aliphatic rings. The summed E-state index contributed by atoms with van der Waals surface area (Å²) in [5.41, 5.74) is 3.89. The van der Waals surface area contributed by atoms with Crippen molar-refractivity contribution in [3.63, 3.8) is 0 Å². The average molecular weight is 426 g/mol. The van der Waals surface area contributed by atoms with Gasteiger partial charge in [0.15, 0.2) is 11.5 Å². The van der Waals surface area contributed by atoms with Crippen LogP contribution in [0.25, 0.3) is 5.78 Å². The highest BCUT2D eigenvalue weighted by molar-refractivity contribution is 5.79. The van der Waals surface area contributed by atoms with Crippen LogP contribution >= 0.6 is 0 Å². The van der Waals surface area contributed by atoms with Crippen LogP contribution in [0.5, 0.6) is 11.5 Å². The summed E-state index contributed by atoms with van der Waals surface area (Å²) in [6, 6.07) is 6.05. The standard InChI is InChI=1S/C22H28N6O3/c1-15-18(16(2)28-22(25-15)23-14-24-28)12-21(29)27-9-7-26(8-10-27)13-17-5-6-19(30-3)20(11-17)31-4/h5-6,11,14H,7-10,12-13H2,1-4H3/p+1. The number of hydrogen-bond acceptors (Lipinski definition) is 6. The fourth-order valence-electron chi connectivity index (χ4n) is 4.20. The summed E-state index contributed by atoms with van der Waals surface area (Å²) in [5, 5.41) is 4.21. The minimum atomic E-state index is 0.137. The van der Waals surface area contributed by atoms with E-state index in [0.29, 0.717) is 12.2 Å². The highest BCUT2D eigenvalue weighted by atomic mass is 16.5. The summed E-state index contributed by atoms with van der Waals surface area (Å²) in [6.07, 6.45) is 1.83. The zero-order valence-electron chi connectivity index (χ0n) is 18.5. The van der Waals surface area contributed by atoms with Crippen LogP contribution in [0.2, 0.25) is 0 Å². The lowest BCUT2D eigenvalue weighted by molar-refractivity contribution is -0.917. The van der Waals surface area contributed by atoms with E-state index < -0.39 is 0 Å². The summed E-state index contributed by atoms with van der Waals surface area (Å²) in [4.78, 5) is 25.0. The van der Waals surface area contributed by atoms with Gasteiger partial charge >= 0.3 is 0 Å². The molecule has 1 N–H and O–H groups in total. The quantitative estimate of drug-likeness (QED) is 0.609. The van der Waals surface area contributed by atoms with E-state index in [1.165, 1.54) is 16.8 Å². The van der Waals surface area contributed by atoms with Gasteiger partial charge in [0.2, 0.25) is 5.91 Å². The first kappa shape index (κ1) is 21.0. The molecule has 0 bridgehead atoms. The number of aromatic nitrogens is 4. The summed E-state index contributed by atoms with van der Waals surface area (Å²) in [7, 11) is 3.29. The Labute approximate surface area is 181 Å². The zero-order valence-corrected chi connectivity index (χ0v) is 18.5. The van der Waals surface area contributed by atoms with Gasteiger partial charge in [-0.3, -0.25) is 4.79 Å². The average Bonchev–Trinajstić information content (AvgIpc) is 3.25. The molecule has 1 aromatic carbocycles. The second-order valence-corrected chi connectivity index (χ2v) is 7.91. The van der Waals surface area contributed by atoms with Crippen LogP contribution in [0.4, 0.5) is 0 Å². The van der Waals surface area contributed by atoms with E-state index in [2.05, 4.69) is 21.1 Å². The van der Waals surface area contributed by atoms with Crippen molar-refractivity contribution in [2.24, 2.45) is 0 Å². The molecule has 0 atom stereocenters. The number of rotatable bonds is 6. The Morgan fingerprint density at radius 3 is 2.58 bits per heavy atom. The number of hydrogen-bond donors (Lipinski definition) is 1. The van der Waals surface area contributed by atoms with Gasteiger partial charge in [-0.25, -0.2) is 9.50 Å². The van der Waals surface area contributed by atoms with Gasteiger partial charge in [-0.15, -0.1) is 0 Å². The molecule has 0 aliphatic carbocycles. The van der Waals surface area contributed by atoms with Gasteiger partial charge in [0.1, 0.15) is 12.9 Å². The molecule has 1 aliphatic heterocycles. The number of benzene rings is 1. The molecular formula is C22H29N6O3+. The highest BCUT2D eigenvalue weighted by Gasteiger charge is 2.25. The van der Waals surface area contributed by atoms with Gasteiger partial charge in [0, 0.05) is 22.5 Å². The van der Waals surface area contributed by atoms with E-state index in [0.717, 1.165) is 61.2 Å². The number of fused-ring (bicyclic) bond motifs is 1. The monoisotopic (exact) mass is 425 g/mol. The van der Waals surface area contributed by atoms with Crippen molar-refractivity contribution in [3.8, 4) is 11.5 Å². The van der Waals surface area contributed by atoms with Crippen LogP contribution in [0, 0.1) is 13.8 Å². The Hall–Kier alpha value is -3.20. The maximum atomic E-state index is 13.0. The largest absolute Gasteiger partial charge is 0.493 e. The number of piperazine rings is 1. The van der Waals surface area contributed by atoms with Crippen molar-refractivity contribution in [1.82, 2.24) is 24.5 Å². The predicted molar refractivity (Wildman–Crippen MR) is 114 cm³/mol. The van der Waals surface area contributed by atoms with Gasteiger partial charge in [-0.2, -0.15) is 10.1 Å². The first-order chi connectivity index (χ1) is 15.0. The molecule has 3 heterocycles. The Bertz CT molecular complexity index is 1090. The fraction of sp³-hybridized carbons (Fsp3) is 0.455. The summed E-state index contributed by atoms with van der Waals surface area (Å²) in [6.45, 7) is 8.11. The molecule has 1 amide bonds. The Kier molecular flexibility index (Phi) is 6.03. The lowest BCUT2D eigenvalue weighted by atomic mass is 10.1. The molecule has 9 heteroatoms. The van der Waals surface area contributed by atoms with Crippen molar-refractivity contribution < 1.29 is 19.2 Å². The number of nitrogens with zero attached hydrogens (tertiary/aromatic N) is 5. The summed E-state index contributed by atoms with van der Waals surface area (Å²) >= 11 is 0. The Balaban J connectivity index is 1.36. The van der Waals surface area contributed by atoms with Crippen molar-refractivity contribution in [3.05, 3.63) is 47.0 Å². The third kappa shape index (κ3) is 4.32. The molecule has 1 saturated heterocycles. The van der Waals surface area contributed by atoms with Crippen molar-refractivity contribution in [2.45, 2.75) is 26.8 Å². The molecule has 0 saturated carbocycles. The second kappa shape index (κ2) is 8.89. The molecule has 3 aromatic rings. The number of carbonyl (C=O) groups excluding carboxylic acids is 1. The SMILES string of the molecule is COc1ccc(C[NH+]2CCN(C(=O)Cc3c(C)nc4ncnn4c3C)CC2)cc1OC. The van der Waals surface area contributed by atoms with Crippen molar-refractivity contribution in [1.29, 1.82) is 0 Å². The molecule has 0 radical (unpaired) electrons. The number of quaternary nitrogens is 1. The van der Waals surface area contributed by atoms with E-state index in [1.807, 2.05) is 30.9 Å². The molecular weight excluding hydrogens is 396 g/mol. The first-order valence-corrected chi connectivity index (χ1v) is 10.5. The number of ether oxygens (including phenoxy) is 2. The third-order valence-electron chi connectivity index (χ3n) is 6.04. The molecule has 0 spiro atoms. The number of carbonyl (C=O) groups is 1. The first-order valence-electron chi connectivity index (χ1n) is 10.5. The lowest BCUT2D eigenvalue weighted by Crippen LogP contribution is -3.13. The van der Waals surface area contributed by atoms with Gasteiger partial charge in [0.05, 0.1) is 46.8 Å². The minimum Gasteiger partial charge on any atom is -0.493 e. The van der Waals surface area contributed by atoms with E-state index in [4.69, 9.17) is 9.47 Å². The van der Waals surface area contributed by atoms with Crippen LogP contribution < -0.4 is 14.4 Å². The zero-order chi connectivity index (χ0) is 22.0. The van der Waals surface area contributed by atoms with Crippen LogP contribution in [0.1, 0.15) is 22.5 Å². The normalized spacial score (nSPS) is 14.8. The summed E-state index contributed by atoms with van der Waals surface area (Å²) < 4.78 is 12.4. The van der Waals surface area contributed by atoms with E-state index in [-0.39, 0.29) is 5.91 Å². The Morgan fingerprint density at radius 1 is 1.13 bits per heavy atom. The van der Waals surface area contributed by atoms with Crippen LogP contribution in [-0.4, -0.2) is 70.8 Å². The number of amides is 1. The van der Waals surface area contributed by atoms with Crippen molar-refractivity contribution >= 4 is 11.7 Å². The highest BCUT2D eigenvalue weighted by Crippen LogP contribution is 2.27. The minimum absolute atomic E-state index is 0.137. The van der Waals surface area contributed by atoms with Crippen LogP contribution in [0.3, 0.4) is 0 Å². The predicted octanol–water partition coefficient (Wildman–Crippen LogP) is 0.228. The Morgan fingerprint density at radius 2 is 1.87 bits per heavy atom. The lowest BCUT2D eigenvalue weighted by Gasteiger charge is -2.32. The van der Waals surface area contributed by atoms with Gasteiger partial charge in [-0.05, 0) is 32.0 Å². The molecule has 31 heavy (non-hydrogen) atoms.